The van der Waals surface area contributed by atoms with Crippen LogP contribution in [0.25, 0.3) is 0 Å². The number of ether oxygens (including phenoxy) is 1. The van der Waals surface area contributed by atoms with Gasteiger partial charge in [-0.05, 0) is 24.8 Å². The zero-order chi connectivity index (χ0) is 12.1. The molecule has 1 aromatic rings. The molecule has 1 saturated heterocycles. The molecule has 94 valence electrons. The van der Waals surface area contributed by atoms with Crippen LogP contribution < -0.4 is 5.32 Å². The first kappa shape index (κ1) is 12.8. The Bertz CT molecular complexity index is 366. The molecule has 17 heavy (non-hydrogen) atoms. The summed E-state index contributed by atoms with van der Waals surface area (Å²) in [5.41, 5.74) is 0.620. The Labute approximate surface area is 106 Å². The van der Waals surface area contributed by atoms with Gasteiger partial charge in [0.05, 0.1) is 11.6 Å². The SMILES string of the molecule is Fc1c(Cl)cccc1CNCC1CCCOC1. The summed E-state index contributed by atoms with van der Waals surface area (Å²) in [5, 5.41) is 3.45. The van der Waals surface area contributed by atoms with Gasteiger partial charge in [0.15, 0.2) is 0 Å². The number of hydrogen-bond donors (Lipinski definition) is 1. The van der Waals surface area contributed by atoms with Crippen molar-refractivity contribution in [1.29, 1.82) is 0 Å². The van der Waals surface area contributed by atoms with E-state index in [2.05, 4.69) is 5.32 Å². The van der Waals surface area contributed by atoms with Crippen molar-refractivity contribution in [2.45, 2.75) is 19.4 Å². The molecule has 0 amide bonds. The summed E-state index contributed by atoms with van der Waals surface area (Å²) in [4.78, 5) is 0. The lowest BCUT2D eigenvalue weighted by molar-refractivity contribution is 0.0547. The van der Waals surface area contributed by atoms with E-state index in [-0.39, 0.29) is 10.8 Å². The van der Waals surface area contributed by atoms with Crippen molar-refractivity contribution in [3.05, 3.63) is 34.6 Å². The smallest absolute Gasteiger partial charge is 0.146 e. The first-order chi connectivity index (χ1) is 8.27. The average molecular weight is 258 g/mol. The van der Waals surface area contributed by atoms with E-state index in [1.54, 1.807) is 18.2 Å². The minimum absolute atomic E-state index is 0.185. The zero-order valence-electron chi connectivity index (χ0n) is 9.72. The summed E-state index contributed by atoms with van der Waals surface area (Å²) >= 11 is 5.72. The summed E-state index contributed by atoms with van der Waals surface area (Å²) in [7, 11) is 0. The predicted molar refractivity (Wildman–Crippen MR) is 66.7 cm³/mol. The number of nitrogens with one attached hydrogen (secondary N) is 1. The van der Waals surface area contributed by atoms with Crippen LogP contribution >= 0.6 is 11.6 Å². The van der Waals surface area contributed by atoms with Crippen LogP contribution in [0.15, 0.2) is 18.2 Å². The minimum atomic E-state index is -0.318. The van der Waals surface area contributed by atoms with Crippen molar-refractivity contribution in [3.8, 4) is 0 Å². The lowest BCUT2D eigenvalue weighted by atomic mass is 10.0. The number of hydrogen-bond acceptors (Lipinski definition) is 2. The number of halogens is 2. The van der Waals surface area contributed by atoms with Gasteiger partial charge in [0.25, 0.3) is 0 Å². The summed E-state index contributed by atoms with van der Waals surface area (Å²) in [6.45, 7) is 3.07. The molecule has 1 heterocycles. The van der Waals surface area contributed by atoms with E-state index in [4.69, 9.17) is 16.3 Å². The van der Waals surface area contributed by atoms with Gasteiger partial charge in [0.2, 0.25) is 0 Å². The molecule has 0 aliphatic carbocycles. The molecule has 1 atom stereocenters. The highest BCUT2D eigenvalue weighted by Crippen LogP contribution is 2.18. The maximum absolute atomic E-state index is 13.6. The largest absolute Gasteiger partial charge is 0.381 e. The summed E-state index contributed by atoms with van der Waals surface area (Å²) in [5.74, 6) is 0.229. The average Bonchev–Trinajstić information content (AvgIpc) is 2.36. The Morgan fingerprint density at radius 3 is 3.12 bits per heavy atom. The van der Waals surface area contributed by atoms with Gasteiger partial charge in [-0.2, -0.15) is 0 Å². The fourth-order valence-corrected chi connectivity index (χ4v) is 2.26. The highest BCUT2D eigenvalue weighted by Gasteiger charge is 2.13. The third-order valence-corrected chi connectivity index (χ3v) is 3.33. The van der Waals surface area contributed by atoms with Gasteiger partial charge in [0.1, 0.15) is 5.82 Å². The second-order valence-corrected chi connectivity index (χ2v) is 4.83. The lowest BCUT2D eigenvalue weighted by Crippen LogP contribution is -2.29. The van der Waals surface area contributed by atoms with Crippen LogP contribution in [-0.4, -0.2) is 19.8 Å². The minimum Gasteiger partial charge on any atom is -0.381 e. The molecule has 1 aliphatic rings. The van der Waals surface area contributed by atoms with Crippen LogP contribution in [0.4, 0.5) is 4.39 Å². The van der Waals surface area contributed by atoms with Gasteiger partial charge in [0, 0.05) is 25.3 Å². The Morgan fingerprint density at radius 1 is 1.47 bits per heavy atom. The van der Waals surface area contributed by atoms with Gasteiger partial charge in [-0.15, -0.1) is 0 Å². The Morgan fingerprint density at radius 2 is 2.35 bits per heavy atom. The molecule has 0 saturated carbocycles. The first-order valence-corrected chi connectivity index (χ1v) is 6.36. The number of benzene rings is 1. The van der Waals surface area contributed by atoms with Gasteiger partial charge in [-0.25, -0.2) is 4.39 Å². The van der Waals surface area contributed by atoms with E-state index in [9.17, 15) is 4.39 Å². The molecular weight excluding hydrogens is 241 g/mol. The maximum atomic E-state index is 13.6. The molecule has 2 rings (SSSR count). The third kappa shape index (κ3) is 3.66. The van der Waals surface area contributed by atoms with Crippen LogP contribution in [0.1, 0.15) is 18.4 Å². The third-order valence-electron chi connectivity index (χ3n) is 3.03. The van der Waals surface area contributed by atoms with Crippen LogP contribution in [0, 0.1) is 11.7 Å². The highest BCUT2D eigenvalue weighted by atomic mass is 35.5. The maximum Gasteiger partial charge on any atom is 0.146 e. The molecule has 4 heteroatoms. The fourth-order valence-electron chi connectivity index (χ4n) is 2.06. The Kier molecular flexibility index (Phi) is 4.77. The molecule has 0 spiro atoms. The second kappa shape index (κ2) is 6.34. The van der Waals surface area contributed by atoms with Crippen LogP contribution in [0.5, 0.6) is 0 Å². The van der Waals surface area contributed by atoms with Gasteiger partial charge in [-0.1, -0.05) is 23.7 Å². The number of rotatable bonds is 4. The molecular formula is C13H17ClFNO. The Hall–Kier alpha value is -0.640. The highest BCUT2D eigenvalue weighted by molar-refractivity contribution is 6.30. The molecule has 1 aromatic carbocycles. The van der Waals surface area contributed by atoms with Crippen molar-refractivity contribution >= 4 is 11.6 Å². The second-order valence-electron chi connectivity index (χ2n) is 4.43. The predicted octanol–water partition coefficient (Wildman–Crippen LogP) is 3.00. The zero-order valence-corrected chi connectivity index (χ0v) is 10.5. The van der Waals surface area contributed by atoms with Crippen LogP contribution in [0.3, 0.4) is 0 Å². The summed E-state index contributed by atoms with van der Waals surface area (Å²) < 4.78 is 19.0. The quantitative estimate of drug-likeness (QED) is 0.895. The van der Waals surface area contributed by atoms with Gasteiger partial charge < -0.3 is 10.1 Å². The molecule has 1 N–H and O–H groups in total. The normalized spacial score (nSPS) is 20.5. The van der Waals surface area contributed by atoms with E-state index >= 15 is 0 Å². The van der Waals surface area contributed by atoms with Crippen molar-refractivity contribution in [2.75, 3.05) is 19.8 Å². The molecule has 2 nitrogen and oxygen atoms in total. The molecule has 1 unspecified atom stereocenters. The summed E-state index contributed by atoms with van der Waals surface area (Å²) in [6.07, 6.45) is 2.31. The van der Waals surface area contributed by atoms with E-state index < -0.39 is 0 Å². The summed E-state index contributed by atoms with van der Waals surface area (Å²) in [6, 6.07) is 5.09. The molecule has 0 bridgehead atoms. The van der Waals surface area contributed by atoms with E-state index in [0.717, 1.165) is 26.2 Å². The first-order valence-electron chi connectivity index (χ1n) is 5.98. The van der Waals surface area contributed by atoms with E-state index in [1.807, 2.05) is 0 Å². The Balaban J connectivity index is 1.79. The molecule has 0 radical (unpaired) electrons. The van der Waals surface area contributed by atoms with E-state index in [0.29, 0.717) is 18.0 Å². The van der Waals surface area contributed by atoms with Crippen molar-refractivity contribution in [3.63, 3.8) is 0 Å². The molecule has 0 aromatic heterocycles. The van der Waals surface area contributed by atoms with Gasteiger partial charge in [-0.3, -0.25) is 0 Å². The van der Waals surface area contributed by atoms with Gasteiger partial charge >= 0.3 is 0 Å². The van der Waals surface area contributed by atoms with Crippen molar-refractivity contribution in [1.82, 2.24) is 5.32 Å². The molecule has 1 fully saturated rings. The lowest BCUT2D eigenvalue weighted by Gasteiger charge is -2.22. The van der Waals surface area contributed by atoms with Crippen molar-refractivity contribution in [2.24, 2.45) is 5.92 Å². The van der Waals surface area contributed by atoms with Crippen molar-refractivity contribution < 1.29 is 9.13 Å². The standard InChI is InChI=1S/C13H17ClFNO/c14-12-5-1-4-11(13(12)15)8-16-7-10-3-2-6-17-9-10/h1,4-5,10,16H,2-3,6-9H2. The van der Waals surface area contributed by atoms with Crippen LogP contribution in [0.2, 0.25) is 5.02 Å². The van der Waals surface area contributed by atoms with E-state index in [1.165, 1.54) is 6.42 Å². The topological polar surface area (TPSA) is 21.3 Å². The van der Waals surface area contributed by atoms with Crippen LogP contribution in [-0.2, 0) is 11.3 Å². The monoisotopic (exact) mass is 257 g/mol. The fraction of sp³-hybridized carbons (Fsp3) is 0.538. The molecule has 1 aliphatic heterocycles.